The summed E-state index contributed by atoms with van der Waals surface area (Å²) in [4.78, 5) is 61.4. The highest BCUT2D eigenvalue weighted by atomic mass is 16.5. The summed E-state index contributed by atoms with van der Waals surface area (Å²) in [5.74, 6) is -1.06. The highest BCUT2D eigenvalue weighted by Gasteiger charge is 2.32. The summed E-state index contributed by atoms with van der Waals surface area (Å²) in [5.41, 5.74) is 7.66. The first-order valence-corrected chi connectivity index (χ1v) is 18.7. The van der Waals surface area contributed by atoms with Gasteiger partial charge in [0, 0.05) is 25.6 Å². The number of alkyl carbamates (subject to hydrolysis) is 1. The van der Waals surface area contributed by atoms with E-state index in [1.54, 1.807) is 6.20 Å². The van der Waals surface area contributed by atoms with E-state index in [4.69, 9.17) is 4.74 Å². The molecule has 12 heteroatoms. The molecule has 290 valence electrons. The van der Waals surface area contributed by atoms with Crippen molar-refractivity contribution >= 4 is 23.8 Å². The van der Waals surface area contributed by atoms with Gasteiger partial charge in [-0.25, -0.2) is 9.78 Å². The molecule has 0 saturated heterocycles. The van der Waals surface area contributed by atoms with Gasteiger partial charge in [0.15, 0.2) is 0 Å². The van der Waals surface area contributed by atoms with E-state index < -0.39 is 42.1 Å². The predicted molar refractivity (Wildman–Crippen MR) is 206 cm³/mol. The average Bonchev–Trinajstić information content (AvgIpc) is 3.65. The number of nitrogens with zero attached hydrogens (tertiary/aromatic N) is 1. The van der Waals surface area contributed by atoms with Crippen LogP contribution in [0.3, 0.4) is 0 Å². The normalized spacial score (nSPS) is 14.1. The molecule has 3 aromatic rings. The zero-order valence-electron chi connectivity index (χ0n) is 32.9. The Morgan fingerprint density at radius 1 is 0.830 bits per heavy atom. The van der Waals surface area contributed by atoms with E-state index in [2.05, 4.69) is 38.2 Å². The summed E-state index contributed by atoms with van der Waals surface area (Å²) in [5, 5.41) is 22.6. The number of carbonyl (C=O) groups is 4. The van der Waals surface area contributed by atoms with Gasteiger partial charge in [-0.1, -0.05) is 64.4 Å². The van der Waals surface area contributed by atoms with Crippen LogP contribution in [0.2, 0.25) is 0 Å². The molecule has 1 heterocycles. The Morgan fingerprint density at radius 3 is 2.02 bits per heavy atom. The van der Waals surface area contributed by atoms with Gasteiger partial charge < -0.3 is 36.1 Å². The van der Waals surface area contributed by atoms with Crippen LogP contribution in [0.1, 0.15) is 91.6 Å². The minimum Gasteiger partial charge on any atom is -0.445 e. The van der Waals surface area contributed by atoms with Gasteiger partial charge in [-0.2, -0.15) is 0 Å². The van der Waals surface area contributed by atoms with Crippen LogP contribution in [-0.4, -0.2) is 69.7 Å². The van der Waals surface area contributed by atoms with Gasteiger partial charge in [0.2, 0.25) is 17.7 Å². The van der Waals surface area contributed by atoms with Crippen molar-refractivity contribution in [3.05, 3.63) is 87.5 Å². The van der Waals surface area contributed by atoms with Crippen LogP contribution in [0.4, 0.5) is 4.79 Å². The molecular formula is C41H60N6O6. The maximum atomic E-state index is 14.3. The van der Waals surface area contributed by atoms with Crippen molar-refractivity contribution in [2.24, 2.45) is 11.8 Å². The Morgan fingerprint density at radius 2 is 1.43 bits per heavy atom. The van der Waals surface area contributed by atoms with E-state index in [0.29, 0.717) is 24.6 Å². The Labute approximate surface area is 314 Å². The van der Waals surface area contributed by atoms with Crippen LogP contribution in [-0.2, 0) is 38.6 Å². The lowest BCUT2D eigenvalue weighted by molar-refractivity contribution is -0.131. The van der Waals surface area contributed by atoms with Gasteiger partial charge in [-0.3, -0.25) is 14.4 Å². The van der Waals surface area contributed by atoms with Crippen molar-refractivity contribution < 1.29 is 29.0 Å². The van der Waals surface area contributed by atoms with Crippen LogP contribution in [0.5, 0.6) is 0 Å². The second-order valence-corrected chi connectivity index (χ2v) is 14.7. The maximum absolute atomic E-state index is 14.3. The first kappa shape index (κ1) is 42.7. The minimum atomic E-state index is -1.16. The Bertz CT molecular complexity index is 1630. The largest absolute Gasteiger partial charge is 0.445 e. The van der Waals surface area contributed by atoms with Gasteiger partial charge in [-0.05, 0) is 91.8 Å². The number of nitrogens with one attached hydrogen (secondary N) is 5. The monoisotopic (exact) mass is 732 g/mol. The SMILES string of the molecule is CCC(C)CNC(=O)CC(O)C(CC(C)C)NC(=O)[C@H](Cc1c[nH]cn1)NC(=O)[C@H](Cc1c(C)c(C)c(C)c(C)c1C)NC(=O)OCc1ccccc1. The standard InChI is InChI=1S/C41H60N6O6/c1-10-25(4)20-43-38(49)19-37(48)34(16-24(2)3)45-39(50)35(17-32-21-42-23-44-32)46-40(51)36(47-41(52)53-22-31-14-12-11-13-15-31)18-33-29(8)27(6)26(5)28(7)30(33)9/h11-15,21,23-25,34-37,48H,10,16-20,22H2,1-9H3,(H,42,44)(H,43,49)(H,45,50)(H,46,51)(H,47,52)/t25?,34?,35-,36-,37?/m0/s1. The molecular weight excluding hydrogens is 672 g/mol. The van der Waals surface area contributed by atoms with E-state index in [-0.39, 0.29) is 37.7 Å². The summed E-state index contributed by atoms with van der Waals surface area (Å²) < 4.78 is 5.51. The molecule has 1 aromatic heterocycles. The molecule has 0 aliphatic heterocycles. The van der Waals surface area contributed by atoms with Gasteiger partial charge in [0.25, 0.3) is 0 Å². The number of amides is 4. The van der Waals surface area contributed by atoms with Gasteiger partial charge in [0.05, 0.1) is 30.6 Å². The number of carbonyl (C=O) groups excluding carboxylic acids is 4. The third kappa shape index (κ3) is 13.0. The molecule has 3 rings (SSSR count). The van der Waals surface area contributed by atoms with Crippen molar-refractivity contribution in [3.8, 4) is 0 Å². The number of aliphatic hydroxyl groups is 1. The average molecular weight is 733 g/mol. The topological polar surface area (TPSA) is 175 Å². The summed E-state index contributed by atoms with van der Waals surface area (Å²) >= 11 is 0. The molecule has 12 nitrogen and oxygen atoms in total. The number of H-pyrrole nitrogens is 1. The van der Waals surface area contributed by atoms with E-state index in [1.165, 1.54) is 11.9 Å². The maximum Gasteiger partial charge on any atom is 0.408 e. The number of hydrogen-bond acceptors (Lipinski definition) is 7. The zero-order chi connectivity index (χ0) is 39.2. The first-order valence-electron chi connectivity index (χ1n) is 18.7. The van der Waals surface area contributed by atoms with Gasteiger partial charge >= 0.3 is 6.09 Å². The summed E-state index contributed by atoms with van der Waals surface area (Å²) in [6.45, 7) is 18.7. The predicted octanol–water partition coefficient (Wildman–Crippen LogP) is 4.96. The number of aromatic nitrogens is 2. The van der Waals surface area contributed by atoms with Crippen molar-refractivity contribution in [2.45, 2.75) is 125 Å². The van der Waals surface area contributed by atoms with E-state index in [1.807, 2.05) is 85.7 Å². The van der Waals surface area contributed by atoms with Crippen LogP contribution in [0, 0.1) is 46.5 Å². The molecule has 0 bridgehead atoms. The van der Waals surface area contributed by atoms with E-state index >= 15 is 0 Å². The highest BCUT2D eigenvalue weighted by Crippen LogP contribution is 2.27. The molecule has 0 spiro atoms. The lowest BCUT2D eigenvalue weighted by Gasteiger charge is -2.29. The summed E-state index contributed by atoms with van der Waals surface area (Å²) in [7, 11) is 0. The van der Waals surface area contributed by atoms with Crippen LogP contribution in [0.15, 0.2) is 42.9 Å². The fraction of sp³-hybridized carbons (Fsp3) is 0.537. The number of hydrogen-bond donors (Lipinski definition) is 6. The fourth-order valence-corrected chi connectivity index (χ4v) is 6.24. The number of aliphatic hydroxyl groups excluding tert-OH is 1. The molecule has 0 aliphatic carbocycles. The van der Waals surface area contributed by atoms with E-state index in [9.17, 15) is 24.3 Å². The Kier molecular flexibility index (Phi) is 16.5. The van der Waals surface area contributed by atoms with E-state index in [0.717, 1.165) is 39.8 Å². The summed E-state index contributed by atoms with van der Waals surface area (Å²) in [6.07, 6.45) is 2.50. The number of benzene rings is 2. The Hall–Kier alpha value is -4.71. The third-order valence-electron chi connectivity index (χ3n) is 10.2. The molecule has 3 unspecified atom stereocenters. The highest BCUT2D eigenvalue weighted by molar-refractivity contribution is 5.92. The van der Waals surface area contributed by atoms with Gasteiger partial charge in [-0.15, -0.1) is 0 Å². The summed E-state index contributed by atoms with van der Waals surface area (Å²) in [6, 6.07) is 6.25. The zero-order valence-corrected chi connectivity index (χ0v) is 32.9. The fourth-order valence-electron chi connectivity index (χ4n) is 6.24. The third-order valence-corrected chi connectivity index (χ3v) is 10.2. The minimum absolute atomic E-state index is 0.0151. The molecule has 0 radical (unpaired) electrons. The lowest BCUT2D eigenvalue weighted by atomic mass is 9.86. The van der Waals surface area contributed by atoms with Crippen molar-refractivity contribution in [1.29, 1.82) is 0 Å². The number of rotatable bonds is 19. The molecule has 2 aromatic carbocycles. The lowest BCUT2D eigenvalue weighted by Crippen LogP contribution is -2.57. The van der Waals surface area contributed by atoms with Crippen LogP contribution in [0.25, 0.3) is 0 Å². The van der Waals surface area contributed by atoms with Crippen LogP contribution < -0.4 is 21.3 Å². The second kappa shape index (κ2) is 20.5. The van der Waals surface area contributed by atoms with Gasteiger partial charge in [0.1, 0.15) is 18.7 Å². The molecule has 5 atom stereocenters. The quantitative estimate of drug-likeness (QED) is 0.101. The Balaban J connectivity index is 1.89. The number of aromatic amines is 1. The molecule has 6 N–H and O–H groups in total. The number of imidazole rings is 1. The van der Waals surface area contributed by atoms with Crippen molar-refractivity contribution in [1.82, 2.24) is 31.2 Å². The second-order valence-electron chi connectivity index (χ2n) is 14.7. The van der Waals surface area contributed by atoms with Crippen LogP contribution >= 0.6 is 0 Å². The first-order chi connectivity index (χ1) is 25.1. The van der Waals surface area contributed by atoms with Crippen molar-refractivity contribution in [3.63, 3.8) is 0 Å². The smallest absolute Gasteiger partial charge is 0.408 e. The molecule has 0 aliphatic rings. The van der Waals surface area contributed by atoms with Crippen molar-refractivity contribution in [2.75, 3.05) is 6.54 Å². The molecule has 0 fully saturated rings. The molecule has 4 amide bonds. The molecule has 0 saturated carbocycles. The molecule has 53 heavy (non-hydrogen) atoms. The number of ether oxygens (including phenoxy) is 1.